The quantitative estimate of drug-likeness (QED) is 0.909. The minimum absolute atomic E-state index is 0.0363. The molecule has 1 saturated carbocycles. The lowest BCUT2D eigenvalue weighted by Crippen LogP contribution is -2.29. The fourth-order valence-corrected chi connectivity index (χ4v) is 5.42. The first-order chi connectivity index (χ1) is 11.0. The highest BCUT2D eigenvalue weighted by Gasteiger charge is 2.31. The monoisotopic (exact) mass is 336 g/mol. The molecule has 1 heterocycles. The van der Waals surface area contributed by atoms with Crippen LogP contribution in [0.2, 0.25) is 0 Å². The molecule has 1 amide bonds. The summed E-state index contributed by atoms with van der Waals surface area (Å²) < 4.78 is 25.1. The molecule has 1 saturated heterocycles. The van der Waals surface area contributed by atoms with Crippen molar-refractivity contribution < 1.29 is 13.2 Å². The molecule has 0 aromatic heterocycles. The van der Waals surface area contributed by atoms with Gasteiger partial charge in [-0.3, -0.25) is 4.79 Å². The molecule has 6 heteroatoms. The van der Waals surface area contributed by atoms with E-state index in [1.54, 1.807) is 29.2 Å². The normalized spacial score (nSPS) is 22.7. The molecule has 126 valence electrons. The van der Waals surface area contributed by atoms with E-state index < -0.39 is 9.84 Å². The van der Waals surface area contributed by atoms with Crippen LogP contribution >= 0.6 is 0 Å². The average Bonchev–Trinajstić information content (AvgIpc) is 3.25. The van der Waals surface area contributed by atoms with Crippen molar-refractivity contribution in [2.24, 2.45) is 11.7 Å². The number of nitrogens with two attached hydrogens (primary N) is 1. The summed E-state index contributed by atoms with van der Waals surface area (Å²) in [6, 6.07) is 6.44. The zero-order valence-electron chi connectivity index (χ0n) is 13.3. The van der Waals surface area contributed by atoms with E-state index in [-0.39, 0.29) is 11.2 Å². The molecule has 1 aliphatic heterocycles. The van der Waals surface area contributed by atoms with Crippen molar-refractivity contribution in [3.8, 4) is 0 Å². The third kappa shape index (κ3) is 3.28. The Kier molecular flexibility index (Phi) is 4.73. The van der Waals surface area contributed by atoms with E-state index in [1.807, 2.05) is 0 Å². The smallest absolute Gasteiger partial charge is 0.253 e. The minimum Gasteiger partial charge on any atom is -0.338 e. The summed E-state index contributed by atoms with van der Waals surface area (Å²) in [5.41, 5.74) is 6.21. The van der Waals surface area contributed by atoms with Crippen molar-refractivity contribution >= 4 is 15.7 Å². The van der Waals surface area contributed by atoms with Gasteiger partial charge < -0.3 is 10.6 Å². The molecule has 1 atom stereocenters. The fourth-order valence-electron chi connectivity index (χ4n) is 3.57. The number of rotatable bonds is 4. The maximum atomic E-state index is 12.5. The predicted octanol–water partition coefficient (Wildman–Crippen LogP) is 1.82. The molecule has 23 heavy (non-hydrogen) atoms. The van der Waals surface area contributed by atoms with Crippen LogP contribution in [0.1, 0.15) is 42.5 Å². The van der Waals surface area contributed by atoms with Gasteiger partial charge in [0.05, 0.1) is 10.1 Å². The van der Waals surface area contributed by atoms with Gasteiger partial charge in [-0.2, -0.15) is 0 Å². The molecule has 5 nitrogen and oxygen atoms in total. The van der Waals surface area contributed by atoms with Gasteiger partial charge in [0.1, 0.15) is 0 Å². The molecular weight excluding hydrogens is 312 g/mol. The van der Waals surface area contributed by atoms with Crippen molar-refractivity contribution in [3.05, 3.63) is 29.8 Å². The van der Waals surface area contributed by atoms with Crippen LogP contribution in [0.4, 0.5) is 0 Å². The average molecular weight is 336 g/mol. The number of likely N-dealkylation sites (tertiary alicyclic amines) is 1. The van der Waals surface area contributed by atoms with E-state index in [0.717, 1.165) is 38.6 Å². The second-order valence-electron chi connectivity index (χ2n) is 6.62. The Bertz CT molecular complexity index is 664. The first-order valence-electron chi connectivity index (χ1n) is 8.35. The van der Waals surface area contributed by atoms with Gasteiger partial charge in [0, 0.05) is 18.7 Å². The fraction of sp³-hybridized carbons (Fsp3) is 0.588. The summed E-state index contributed by atoms with van der Waals surface area (Å²) >= 11 is 0. The molecule has 2 N–H and O–H groups in total. The Balaban J connectivity index is 1.73. The lowest BCUT2D eigenvalue weighted by molar-refractivity contribution is 0.0787. The summed E-state index contributed by atoms with van der Waals surface area (Å²) in [6.45, 7) is 2.02. The third-order valence-electron chi connectivity index (χ3n) is 5.08. The number of sulfone groups is 1. The Hall–Kier alpha value is -1.40. The van der Waals surface area contributed by atoms with E-state index >= 15 is 0 Å². The number of carbonyl (C=O) groups excluding carboxylic acids is 1. The topological polar surface area (TPSA) is 80.5 Å². The van der Waals surface area contributed by atoms with Gasteiger partial charge >= 0.3 is 0 Å². The van der Waals surface area contributed by atoms with Gasteiger partial charge in [0.15, 0.2) is 9.84 Å². The number of hydrogen-bond donors (Lipinski definition) is 1. The van der Waals surface area contributed by atoms with E-state index in [0.29, 0.717) is 29.5 Å². The van der Waals surface area contributed by atoms with Gasteiger partial charge in [-0.1, -0.05) is 12.8 Å². The van der Waals surface area contributed by atoms with Crippen LogP contribution in [0.3, 0.4) is 0 Å². The molecule has 2 aliphatic rings. The first kappa shape index (κ1) is 16.5. The molecule has 1 aromatic rings. The van der Waals surface area contributed by atoms with Crippen molar-refractivity contribution in [2.45, 2.75) is 42.2 Å². The van der Waals surface area contributed by atoms with E-state index in [2.05, 4.69) is 0 Å². The number of hydrogen-bond acceptors (Lipinski definition) is 4. The molecule has 0 radical (unpaired) electrons. The van der Waals surface area contributed by atoms with Crippen LogP contribution in [0.5, 0.6) is 0 Å². The molecular formula is C17H24N2O3S. The predicted molar refractivity (Wildman–Crippen MR) is 88.9 cm³/mol. The summed E-state index contributed by atoms with van der Waals surface area (Å²) in [7, 11) is -3.25. The van der Waals surface area contributed by atoms with Gasteiger partial charge in [-0.25, -0.2) is 8.42 Å². The Labute approximate surface area is 137 Å². The first-order valence-corrected chi connectivity index (χ1v) is 9.90. The van der Waals surface area contributed by atoms with Crippen molar-refractivity contribution in [1.82, 2.24) is 4.90 Å². The lowest BCUT2D eigenvalue weighted by Gasteiger charge is -2.17. The molecule has 3 rings (SSSR count). The molecule has 0 unspecified atom stereocenters. The zero-order chi connectivity index (χ0) is 16.4. The van der Waals surface area contributed by atoms with Crippen molar-refractivity contribution in [1.29, 1.82) is 0 Å². The molecule has 1 aliphatic carbocycles. The van der Waals surface area contributed by atoms with E-state index in [9.17, 15) is 13.2 Å². The summed E-state index contributed by atoms with van der Waals surface area (Å²) in [5, 5.41) is -0.257. The van der Waals surface area contributed by atoms with Crippen LogP contribution in [0, 0.1) is 5.92 Å². The SMILES string of the molecule is NC[C@H]1CCN(C(=O)c2ccc(S(=O)(=O)C3CCCC3)cc2)C1. The lowest BCUT2D eigenvalue weighted by atomic mass is 10.1. The second kappa shape index (κ2) is 6.61. The van der Waals surface area contributed by atoms with Gasteiger partial charge in [-0.05, 0) is 56.0 Å². The molecule has 1 aromatic carbocycles. The van der Waals surface area contributed by atoms with Crippen LogP contribution in [0.15, 0.2) is 29.2 Å². The van der Waals surface area contributed by atoms with Gasteiger partial charge in [0.2, 0.25) is 0 Å². The summed E-state index contributed by atoms with van der Waals surface area (Å²) in [6.07, 6.45) is 4.40. The molecule has 0 bridgehead atoms. The highest BCUT2D eigenvalue weighted by molar-refractivity contribution is 7.92. The highest BCUT2D eigenvalue weighted by Crippen LogP contribution is 2.29. The maximum Gasteiger partial charge on any atom is 0.253 e. The van der Waals surface area contributed by atoms with Crippen molar-refractivity contribution in [3.63, 3.8) is 0 Å². The number of benzene rings is 1. The van der Waals surface area contributed by atoms with Crippen LogP contribution in [-0.2, 0) is 9.84 Å². The highest BCUT2D eigenvalue weighted by atomic mass is 32.2. The maximum absolute atomic E-state index is 12.5. The number of amides is 1. The summed E-state index contributed by atoms with van der Waals surface area (Å²) in [4.78, 5) is 14.6. The Morgan fingerprint density at radius 2 is 1.78 bits per heavy atom. The zero-order valence-corrected chi connectivity index (χ0v) is 14.1. The summed E-state index contributed by atoms with van der Waals surface area (Å²) in [5.74, 6) is 0.340. The van der Waals surface area contributed by atoms with Gasteiger partial charge in [0.25, 0.3) is 5.91 Å². The third-order valence-corrected chi connectivity index (χ3v) is 7.36. The minimum atomic E-state index is -3.25. The molecule has 2 fully saturated rings. The Morgan fingerprint density at radius 1 is 1.13 bits per heavy atom. The second-order valence-corrected chi connectivity index (χ2v) is 8.85. The standard InChI is InChI=1S/C17H24N2O3S/c18-11-13-9-10-19(12-13)17(20)14-5-7-16(8-6-14)23(21,22)15-3-1-2-4-15/h5-8,13,15H,1-4,9-12,18H2/t13-/m1/s1. The largest absolute Gasteiger partial charge is 0.338 e. The van der Waals surface area contributed by atoms with Crippen LogP contribution in [-0.4, -0.2) is 44.1 Å². The van der Waals surface area contributed by atoms with Gasteiger partial charge in [-0.15, -0.1) is 0 Å². The van der Waals surface area contributed by atoms with Crippen molar-refractivity contribution in [2.75, 3.05) is 19.6 Å². The Morgan fingerprint density at radius 3 is 2.35 bits per heavy atom. The molecule has 0 spiro atoms. The van der Waals surface area contributed by atoms with E-state index in [1.165, 1.54) is 0 Å². The van der Waals surface area contributed by atoms with E-state index in [4.69, 9.17) is 5.73 Å². The number of carbonyl (C=O) groups is 1. The van der Waals surface area contributed by atoms with Crippen LogP contribution in [0.25, 0.3) is 0 Å². The number of nitrogens with zero attached hydrogens (tertiary/aromatic N) is 1. The van der Waals surface area contributed by atoms with Crippen LogP contribution < -0.4 is 5.73 Å².